The molecular weight excluding hydrogens is 339 g/mol. The van der Waals surface area contributed by atoms with Gasteiger partial charge in [-0.05, 0) is 36.4 Å². The van der Waals surface area contributed by atoms with E-state index in [0.717, 1.165) is 5.39 Å². The van der Waals surface area contributed by atoms with E-state index in [1.165, 1.54) is 24.3 Å². The summed E-state index contributed by atoms with van der Waals surface area (Å²) in [6.45, 7) is -0.455. The van der Waals surface area contributed by atoms with E-state index in [2.05, 4.69) is 0 Å². The summed E-state index contributed by atoms with van der Waals surface area (Å²) in [4.78, 5) is 35.7. The standard InChI is InChI=1S/C20H15FO5/c21-15-7-5-13(6-8-15)16(22)9-10-20(24)25-12-17(23)19-11-14-3-1-2-4-18(14)26-19/h1-8,11H,9-10,12H2. The molecule has 0 unspecified atom stereocenters. The Kier molecular flexibility index (Phi) is 5.22. The summed E-state index contributed by atoms with van der Waals surface area (Å²) < 4.78 is 23.1. The van der Waals surface area contributed by atoms with Gasteiger partial charge >= 0.3 is 5.97 Å². The molecule has 0 radical (unpaired) electrons. The number of fused-ring (bicyclic) bond motifs is 1. The molecule has 0 spiro atoms. The number of furan rings is 1. The second-order valence-corrected chi connectivity index (χ2v) is 5.66. The highest BCUT2D eigenvalue weighted by Gasteiger charge is 2.16. The van der Waals surface area contributed by atoms with Gasteiger partial charge in [0.25, 0.3) is 0 Å². The molecule has 0 bridgehead atoms. The molecule has 132 valence electrons. The van der Waals surface area contributed by atoms with Gasteiger partial charge in [-0.25, -0.2) is 4.39 Å². The Labute approximate surface area is 148 Å². The summed E-state index contributed by atoms with van der Waals surface area (Å²) >= 11 is 0. The Bertz CT molecular complexity index is 923. The average molecular weight is 354 g/mol. The normalized spacial score (nSPS) is 10.7. The maximum Gasteiger partial charge on any atom is 0.306 e. The van der Waals surface area contributed by atoms with Crippen LogP contribution in [-0.4, -0.2) is 24.1 Å². The Morgan fingerprint density at radius 1 is 0.923 bits per heavy atom. The summed E-state index contributed by atoms with van der Waals surface area (Å²) in [5.74, 6) is -1.75. The quantitative estimate of drug-likeness (QED) is 0.474. The fraction of sp³-hybridized carbons (Fsp3) is 0.150. The van der Waals surface area contributed by atoms with Crippen molar-refractivity contribution in [3.63, 3.8) is 0 Å². The first-order valence-electron chi connectivity index (χ1n) is 7.99. The van der Waals surface area contributed by atoms with Crippen molar-refractivity contribution in [3.8, 4) is 0 Å². The van der Waals surface area contributed by atoms with Crippen LogP contribution in [0.15, 0.2) is 59.0 Å². The second-order valence-electron chi connectivity index (χ2n) is 5.66. The third-order valence-corrected chi connectivity index (χ3v) is 3.79. The Morgan fingerprint density at radius 3 is 2.38 bits per heavy atom. The van der Waals surface area contributed by atoms with Gasteiger partial charge in [-0.1, -0.05) is 18.2 Å². The van der Waals surface area contributed by atoms with E-state index in [1.54, 1.807) is 18.2 Å². The fourth-order valence-corrected chi connectivity index (χ4v) is 2.40. The lowest BCUT2D eigenvalue weighted by atomic mass is 10.1. The van der Waals surface area contributed by atoms with Gasteiger partial charge in [-0.2, -0.15) is 0 Å². The number of halogens is 1. The second kappa shape index (κ2) is 7.74. The van der Waals surface area contributed by atoms with E-state index in [4.69, 9.17) is 9.15 Å². The molecule has 1 aromatic heterocycles. The highest BCUT2D eigenvalue weighted by molar-refractivity contribution is 6.00. The zero-order valence-electron chi connectivity index (χ0n) is 13.7. The maximum absolute atomic E-state index is 12.8. The van der Waals surface area contributed by atoms with Gasteiger partial charge in [0.2, 0.25) is 5.78 Å². The number of ketones is 2. The first kappa shape index (κ1) is 17.5. The van der Waals surface area contributed by atoms with Crippen molar-refractivity contribution in [2.75, 3.05) is 6.61 Å². The van der Waals surface area contributed by atoms with Crippen molar-refractivity contribution < 1.29 is 27.9 Å². The van der Waals surface area contributed by atoms with E-state index in [0.29, 0.717) is 11.1 Å². The zero-order valence-corrected chi connectivity index (χ0v) is 13.7. The van der Waals surface area contributed by atoms with Crippen LogP contribution in [-0.2, 0) is 9.53 Å². The molecule has 1 heterocycles. The van der Waals surface area contributed by atoms with Gasteiger partial charge in [0.05, 0.1) is 6.42 Å². The highest BCUT2D eigenvalue weighted by atomic mass is 19.1. The Hall–Kier alpha value is -3.28. The molecule has 26 heavy (non-hydrogen) atoms. The lowest BCUT2D eigenvalue weighted by Crippen LogP contribution is -2.14. The van der Waals surface area contributed by atoms with E-state index in [-0.39, 0.29) is 24.4 Å². The van der Waals surface area contributed by atoms with Crippen LogP contribution in [0.25, 0.3) is 11.0 Å². The van der Waals surface area contributed by atoms with Crippen molar-refractivity contribution in [2.24, 2.45) is 0 Å². The maximum atomic E-state index is 12.8. The molecule has 3 aromatic rings. The predicted molar refractivity (Wildman–Crippen MR) is 91.5 cm³/mol. The molecule has 0 atom stereocenters. The molecule has 0 saturated heterocycles. The first-order chi connectivity index (χ1) is 12.5. The molecule has 0 N–H and O–H groups in total. The molecule has 0 aliphatic carbocycles. The number of ether oxygens (including phenoxy) is 1. The minimum Gasteiger partial charge on any atom is -0.457 e. The Balaban J connectivity index is 1.48. The minimum atomic E-state index is -0.662. The van der Waals surface area contributed by atoms with Gasteiger partial charge in [0.15, 0.2) is 18.2 Å². The van der Waals surface area contributed by atoms with Gasteiger partial charge in [0, 0.05) is 17.4 Å². The van der Waals surface area contributed by atoms with Gasteiger partial charge in [0.1, 0.15) is 11.4 Å². The van der Waals surface area contributed by atoms with Crippen molar-refractivity contribution in [2.45, 2.75) is 12.8 Å². The topological polar surface area (TPSA) is 73.6 Å². The number of carbonyl (C=O) groups excluding carboxylic acids is 3. The third kappa shape index (κ3) is 4.22. The van der Waals surface area contributed by atoms with Crippen LogP contribution in [0.5, 0.6) is 0 Å². The SMILES string of the molecule is O=C(CCC(=O)c1ccc(F)cc1)OCC(=O)c1cc2ccccc2o1. The minimum absolute atomic E-state index is 0.0801. The van der Waals surface area contributed by atoms with Crippen molar-refractivity contribution in [1.29, 1.82) is 0 Å². The van der Waals surface area contributed by atoms with Crippen LogP contribution in [0, 0.1) is 5.82 Å². The Morgan fingerprint density at radius 2 is 1.65 bits per heavy atom. The van der Waals surface area contributed by atoms with E-state index >= 15 is 0 Å². The van der Waals surface area contributed by atoms with Crippen LogP contribution < -0.4 is 0 Å². The monoisotopic (exact) mass is 354 g/mol. The van der Waals surface area contributed by atoms with Crippen LogP contribution in [0.3, 0.4) is 0 Å². The number of benzene rings is 2. The number of esters is 1. The number of Topliss-reactive ketones (excluding diaryl/α,β-unsaturated/α-hetero) is 2. The predicted octanol–water partition coefficient (Wildman–Crippen LogP) is 3.96. The summed E-state index contributed by atoms with van der Waals surface area (Å²) in [6, 6.07) is 13.8. The molecule has 6 heteroatoms. The molecule has 0 amide bonds. The van der Waals surface area contributed by atoms with Crippen LogP contribution >= 0.6 is 0 Å². The summed E-state index contributed by atoms with van der Waals surface area (Å²) in [6.07, 6.45) is -0.243. The lowest BCUT2D eigenvalue weighted by Gasteiger charge is -2.03. The first-order valence-corrected chi connectivity index (χ1v) is 7.99. The molecule has 0 saturated carbocycles. The molecule has 0 aliphatic heterocycles. The van der Waals surface area contributed by atoms with Crippen LogP contribution in [0.1, 0.15) is 33.8 Å². The van der Waals surface area contributed by atoms with Crippen molar-refractivity contribution in [3.05, 3.63) is 71.7 Å². The molecule has 2 aromatic carbocycles. The van der Waals surface area contributed by atoms with Gasteiger partial charge < -0.3 is 9.15 Å². The molecular formula is C20H15FO5. The fourth-order valence-electron chi connectivity index (χ4n) is 2.40. The zero-order chi connectivity index (χ0) is 18.5. The van der Waals surface area contributed by atoms with Crippen LogP contribution in [0.4, 0.5) is 4.39 Å². The molecule has 0 fully saturated rings. The van der Waals surface area contributed by atoms with Crippen LogP contribution in [0.2, 0.25) is 0 Å². The van der Waals surface area contributed by atoms with Gasteiger partial charge in [-0.3, -0.25) is 14.4 Å². The number of carbonyl (C=O) groups is 3. The number of rotatable bonds is 7. The summed E-state index contributed by atoms with van der Waals surface area (Å²) in [5, 5.41) is 0.784. The third-order valence-electron chi connectivity index (χ3n) is 3.79. The molecule has 0 aliphatic rings. The number of hydrogen-bond acceptors (Lipinski definition) is 5. The largest absolute Gasteiger partial charge is 0.457 e. The average Bonchev–Trinajstić information content (AvgIpc) is 3.09. The number of hydrogen-bond donors (Lipinski definition) is 0. The highest BCUT2D eigenvalue weighted by Crippen LogP contribution is 2.19. The molecule has 3 rings (SSSR count). The number of para-hydroxylation sites is 1. The summed E-state index contributed by atoms with van der Waals surface area (Å²) in [5.41, 5.74) is 0.893. The van der Waals surface area contributed by atoms with Gasteiger partial charge in [-0.15, -0.1) is 0 Å². The van der Waals surface area contributed by atoms with Crippen molar-refractivity contribution >= 4 is 28.5 Å². The van der Waals surface area contributed by atoms with E-state index in [9.17, 15) is 18.8 Å². The smallest absolute Gasteiger partial charge is 0.306 e. The van der Waals surface area contributed by atoms with E-state index < -0.39 is 24.2 Å². The molecule has 5 nitrogen and oxygen atoms in total. The summed E-state index contributed by atoms with van der Waals surface area (Å²) in [7, 11) is 0. The van der Waals surface area contributed by atoms with Crippen molar-refractivity contribution in [1.82, 2.24) is 0 Å². The lowest BCUT2D eigenvalue weighted by molar-refractivity contribution is -0.142. The van der Waals surface area contributed by atoms with E-state index in [1.807, 2.05) is 12.1 Å².